The lowest BCUT2D eigenvalue weighted by molar-refractivity contribution is 0.354. The molecular formula is C14H12O3. The quantitative estimate of drug-likeness (QED) is 0.821. The van der Waals surface area contributed by atoms with Gasteiger partial charge in [-0.25, -0.2) is 0 Å². The second-order valence-corrected chi connectivity index (χ2v) is 3.95. The molecule has 1 aromatic carbocycles. The number of ether oxygens (including phenoxy) is 2. The highest BCUT2D eigenvalue weighted by Gasteiger charge is 2.21. The van der Waals surface area contributed by atoms with Gasteiger partial charge < -0.3 is 14.6 Å². The number of benzene rings is 1. The maximum absolute atomic E-state index is 10.1. The SMILES string of the molecule is COc1cc2c(cc1OC)=C1C=CC=C1C=2O. The molecule has 3 rings (SSSR count). The van der Waals surface area contributed by atoms with Gasteiger partial charge in [-0.1, -0.05) is 18.2 Å². The molecule has 0 aromatic heterocycles. The lowest BCUT2D eigenvalue weighted by Gasteiger charge is -2.06. The number of hydrogen-bond acceptors (Lipinski definition) is 3. The Labute approximate surface area is 98.6 Å². The summed E-state index contributed by atoms with van der Waals surface area (Å²) < 4.78 is 10.5. The molecule has 1 N–H and O–H groups in total. The summed E-state index contributed by atoms with van der Waals surface area (Å²) in [5.41, 5.74) is 1.91. The lowest BCUT2D eigenvalue weighted by Crippen LogP contribution is -2.24. The van der Waals surface area contributed by atoms with Gasteiger partial charge in [0.2, 0.25) is 0 Å². The fourth-order valence-electron chi connectivity index (χ4n) is 2.30. The second kappa shape index (κ2) is 3.42. The van der Waals surface area contributed by atoms with Gasteiger partial charge in [0.1, 0.15) is 5.76 Å². The predicted octanol–water partition coefficient (Wildman–Crippen LogP) is 1.03. The molecule has 1 aromatic rings. The zero-order chi connectivity index (χ0) is 12.0. The van der Waals surface area contributed by atoms with Crippen molar-refractivity contribution in [1.82, 2.24) is 0 Å². The van der Waals surface area contributed by atoms with E-state index in [1.807, 2.05) is 30.4 Å². The molecule has 2 aliphatic carbocycles. The van der Waals surface area contributed by atoms with Crippen LogP contribution in [0.4, 0.5) is 0 Å². The first-order chi connectivity index (χ1) is 8.26. The van der Waals surface area contributed by atoms with Gasteiger partial charge in [-0.3, -0.25) is 0 Å². The normalized spacial score (nSPS) is 15.8. The first-order valence-corrected chi connectivity index (χ1v) is 5.35. The molecule has 0 bridgehead atoms. The first-order valence-electron chi connectivity index (χ1n) is 5.35. The summed E-state index contributed by atoms with van der Waals surface area (Å²) in [7, 11) is 3.19. The van der Waals surface area contributed by atoms with Crippen molar-refractivity contribution >= 4 is 11.3 Å². The first kappa shape index (κ1) is 10.0. The van der Waals surface area contributed by atoms with Crippen molar-refractivity contribution in [3.63, 3.8) is 0 Å². The fraction of sp³-hybridized carbons (Fsp3) is 0.143. The van der Waals surface area contributed by atoms with Gasteiger partial charge in [0.05, 0.1) is 14.2 Å². The van der Waals surface area contributed by atoms with Crippen LogP contribution >= 0.6 is 0 Å². The molecule has 0 aliphatic heterocycles. The lowest BCUT2D eigenvalue weighted by atomic mass is 10.1. The van der Waals surface area contributed by atoms with Gasteiger partial charge in [-0.05, 0) is 22.9 Å². The predicted molar refractivity (Wildman–Crippen MR) is 65.5 cm³/mol. The van der Waals surface area contributed by atoms with Crippen molar-refractivity contribution in [3.05, 3.63) is 46.4 Å². The molecule has 3 nitrogen and oxygen atoms in total. The van der Waals surface area contributed by atoms with Crippen LogP contribution < -0.4 is 19.9 Å². The molecular weight excluding hydrogens is 216 g/mol. The zero-order valence-electron chi connectivity index (χ0n) is 9.65. The average Bonchev–Trinajstić information content (AvgIpc) is 2.92. The maximum Gasteiger partial charge on any atom is 0.161 e. The number of fused-ring (bicyclic) bond motifs is 2. The van der Waals surface area contributed by atoms with Gasteiger partial charge in [0, 0.05) is 10.8 Å². The fourth-order valence-corrected chi connectivity index (χ4v) is 2.30. The summed E-state index contributed by atoms with van der Waals surface area (Å²) in [5.74, 6) is 1.61. The maximum atomic E-state index is 10.1. The van der Waals surface area contributed by atoms with E-state index in [1.54, 1.807) is 14.2 Å². The summed E-state index contributed by atoms with van der Waals surface area (Å²) in [6.45, 7) is 0. The molecule has 86 valence electrons. The number of hydrogen-bond donors (Lipinski definition) is 1. The Bertz CT molecular complexity index is 678. The third kappa shape index (κ3) is 1.22. The Balaban J connectivity index is 2.44. The largest absolute Gasteiger partial charge is 0.507 e. The van der Waals surface area contributed by atoms with Gasteiger partial charge in [0.15, 0.2) is 11.5 Å². The van der Waals surface area contributed by atoms with Crippen molar-refractivity contribution in [2.45, 2.75) is 0 Å². The van der Waals surface area contributed by atoms with E-state index in [4.69, 9.17) is 9.47 Å². The Hall–Kier alpha value is -2.16. The van der Waals surface area contributed by atoms with Gasteiger partial charge >= 0.3 is 0 Å². The van der Waals surface area contributed by atoms with E-state index in [1.165, 1.54) is 0 Å². The van der Waals surface area contributed by atoms with Crippen molar-refractivity contribution in [2.75, 3.05) is 14.2 Å². The van der Waals surface area contributed by atoms with Crippen molar-refractivity contribution in [2.24, 2.45) is 0 Å². The van der Waals surface area contributed by atoms with Crippen LogP contribution in [0.2, 0.25) is 0 Å². The van der Waals surface area contributed by atoms with Gasteiger partial charge in [0.25, 0.3) is 0 Å². The molecule has 0 spiro atoms. The van der Waals surface area contributed by atoms with E-state index < -0.39 is 0 Å². The van der Waals surface area contributed by atoms with Gasteiger partial charge in [-0.15, -0.1) is 0 Å². The molecule has 17 heavy (non-hydrogen) atoms. The highest BCUT2D eigenvalue weighted by molar-refractivity contribution is 5.94. The average molecular weight is 228 g/mol. The molecule has 0 saturated carbocycles. The Morgan fingerprint density at radius 1 is 1.00 bits per heavy atom. The van der Waals surface area contributed by atoms with E-state index in [2.05, 4.69) is 0 Å². The van der Waals surface area contributed by atoms with Crippen LogP contribution in [-0.4, -0.2) is 19.3 Å². The number of aliphatic hydroxyl groups excluding tert-OH is 1. The van der Waals surface area contributed by atoms with Crippen molar-refractivity contribution in [1.29, 1.82) is 0 Å². The van der Waals surface area contributed by atoms with Crippen LogP contribution in [0.15, 0.2) is 35.9 Å². The number of rotatable bonds is 2. The minimum atomic E-state index is 0.306. The summed E-state index contributed by atoms with van der Waals surface area (Å²) in [4.78, 5) is 0. The van der Waals surface area contributed by atoms with Crippen LogP contribution in [0.25, 0.3) is 11.3 Å². The third-order valence-electron chi connectivity index (χ3n) is 3.14. The monoisotopic (exact) mass is 228 g/mol. The molecule has 0 amide bonds. The van der Waals surface area contributed by atoms with Crippen LogP contribution in [-0.2, 0) is 0 Å². The minimum absolute atomic E-state index is 0.306. The van der Waals surface area contributed by atoms with E-state index in [0.29, 0.717) is 17.3 Å². The highest BCUT2D eigenvalue weighted by atomic mass is 16.5. The molecule has 2 aliphatic rings. The van der Waals surface area contributed by atoms with Crippen molar-refractivity contribution in [3.8, 4) is 11.5 Å². The number of methoxy groups -OCH3 is 2. The van der Waals surface area contributed by atoms with Gasteiger partial charge in [-0.2, -0.15) is 0 Å². The zero-order valence-corrected chi connectivity index (χ0v) is 9.65. The van der Waals surface area contributed by atoms with Crippen molar-refractivity contribution < 1.29 is 14.6 Å². The molecule has 0 saturated heterocycles. The summed E-state index contributed by atoms with van der Waals surface area (Å²) in [6, 6.07) is 3.71. The Kier molecular flexibility index (Phi) is 2.01. The molecule has 0 radical (unpaired) electrons. The van der Waals surface area contributed by atoms with Crippen LogP contribution in [0.3, 0.4) is 0 Å². The highest BCUT2D eigenvalue weighted by Crippen LogP contribution is 2.29. The summed E-state index contributed by atoms with van der Waals surface area (Å²) >= 11 is 0. The second-order valence-electron chi connectivity index (χ2n) is 3.95. The summed E-state index contributed by atoms with van der Waals surface area (Å²) in [5, 5.41) is 11.9. The molecule has 0 fully saturated rings. The molecule has 3 heteroatoms. The summed E-state index contributed by atoms with van der Waals surface area (Å²) in [6.07, 6.45) is 5.83. The van der Waals surface area contributed by atoms with E-state index in [0.717, 1.165) is 21.6 Å². The smallest absolute Gasteiger partial charge is 0.161 e. The van der Waals surface area contributed by atoms with Crippen LogP contribution in [0.5, 0.6) is 11.5 Å². The van der Waals surface area contributed by atoms with E-state index in [-0.39, 0.29) is 0 Å². The Morgan fingerprint density at radius 2 is 1.65 bits per heavy atom. The molecule has 0 atom stereocenters. The Morgan fingerprint density at radius 3 is 2.29 bits per heavy atom. The third-order valence-corrected chi connectivity index (χ3v) is 3.14. The molecule has 0 unspecified atom stereocenters. The number of allylic oxidation sites excluding steroid dienone is 3. The van der Waals surface area contributed by atoms with E-state index in [9.17, 15) is 5.11 Å². The van der Waals surface area contributed by atoms with Crippen LogP contribution in [0.1, 0.15) is 0 Å². The minimum Gasteiger partial charge on any atom is -0.507 e. The molecule has 0 heterocycles. The van der Waals surface area contributed by atoms with E-state index >= 15 is 0 Å². The topological polar surface area (TPSA) is 38.7 Å². The standard InChI is InChI=1S/C14H12O3/c1-16-12-6-10-8-4-3-5-9(8)14(15)11(10)7-13(12)17-2/h3-7,15H,1-2H3. The van der Waals surface area contributed by atoms with Crippen LogP contribution in [0, 0.1) is 0 Å². The number of aliphatic hydroxyl groups is 1.